The maximum absolute atomic E-state index is 8.89. The van der Waals surface area contributed by atoms with Crippen LogP contribution >= 0.6 is 0 Å². The monoisotopic (exact) mass is 264 g/mol. The van der Waals surface area contributed by atoms with Crippen LogP contribution in [0.2, 0.25) is 0 Å². The first-order valence-corrected chi connectivity index (χ1v) is 3.94. The molecule has 64 valence electrons. The fraction of sp³-hybridized carbons (Fsp3) is 0.500. The summed E-state index contributed by atoms with van der Waals surface area (Å²) in [5.74, 6) is -2.17. The number of hydrogen-bond donors (Lipinski definition) is 0. The Morgan fingerprint density at radius 2 is 1.00 bits per heavy atom. The van der Waals surface area contributed by atoms with E-state index in [1.165, 1.54) is 0 Å². The van der Waals surface area contributed by atoms with E-state index in [9.17, 15) is 0 Å². The van der Waals surface area contributed by atoms with Gasteiger partial charge in [0.25, 0.3) is 0 Å². The maximum atomic E-state index is 8.89. The molecule has 0 aromatic carbocycles. The van der Waals surface area contributed by atoms with Gasteiger partial charge in [0.2, 0.25) is 0 Å². The van der Waals surface area contributed by atoms with Crippen LogP contribution in [-0.2, 0) is 17.1 Å². The minimum absolute atomic E-state index is 0. The summed E-state index contributed by atoms with van der Waals surface area (Å²) < 4.78 is 17.0. The SMILES string of the molecule is CC(=O)[O-].CC(=O)[O-].[Ca+2].[O]=[Ge]=[O]. The molecule has 0 heterocycles. The summed E-state index contributed by atoms with van der Waals surface area (Å²) in [6.07, 6.45) is 0. The van der Waals surface area contributed by atoms with Crippen LogP contribution in [0.3, 0.4) is 0 Å². The molecular formula is C4H6CaGeO6. The molecule has 0 atom stereocenters. The number of carboxylic acids is 2. The molecule has 0 aliphatic rings. The molecule has 8 heteroatoms. The van der Waals surface area contributed by atoms with Crippen molar-refractivity contribution in [2.45, 2.75) is 13.8 Å². The minimum atomic E-state index is -2.00. The first kappa shape index (κ1) is 22.8. The number of carboxylic acid groups (broad SMARTS) is 2. The van der Waals surface area contributed by atoms with E-state index in [2.05, 4.69) is 0 Å². The van der Waals surface area contributed by atoms with Crippen molar-refractivity contribution in [1.82, 2.24) is 0 Å². The molecule has 0 aliphatic carbocycles. The van der Waals surface area contributed by atoms with Crippen LogP contribution < -0.4 is 10.2 Å². The van der Waals surface area contributed by atoms with Crippen molar-refractivity contribution >= 4 is 65.0 Å². The van der Waals surface area contributed by atoms with Crippen LogP contribution in [-0.4, -0.2) is 65.0 Å². The Labute approximate surface area is 105 Å². The number of hydrogen-bond acceptors (Lipinski definition) is 6. The van der Waals surface area contributed by atoms with Crippen LogP contribution in [0.4, 0.5) is 0 Å². The first-order chi connectivity index (χ1) is 4.88. The first-order valence-electron chi connectivity index (χ1n) is 2.22. The second-order valence-corrected chi connectivity index (χ2v) is 1.42. The Kier molecular flexibility index (Phi) is 42.8. The van der Waals surface area contributed by atoms with Gasteiger partial charge in [0, 0.05) is 11.9 Å². The molecule has 0 N–H and O–H groups in total. The Bertz CT molecular complexity index is 132. The average Bonchev–Trinajstić information content (AvgIpc) is 1.60. The predicted octanol–water partition coefficient (Wildman–Crippen LogP) is -3.49. The van der Waals surface area contributed by atoms with Gasteiger partial charge in [-0.05, 0) is 13.8 Å². The van der Waals surface area contributed by atoms with Crippen LogP contribution in [0, 0.1) is 0 Å². The summed E-state index contributed by atoms with van der Waals surface area (Å²) >= 11 is -2.00. The van der Waals surface area contributed by atoms with Crippen molar-refractivity contribution in [3.05, 3.63) is 0 Å². The standard InChI is InChI=1S/2C2H4O2.Ca.GeO2/c2*1-2(3)4;;2-1-3/h2*1H3,(H,3,4);;/q;;+2;/p-2. The third-order valence-electron chi connectivity index (χ3n) is 0. The van der Waals surface area contributed by atoms with Gasteiger partial charge < -0.3 is 19.8 Å². The topological polar surface area (TPSA) is 114 Å². The van der Waals surface area contributed by atoms with E-state index in [1.54, 1.807) is 0 Å². The molecule has 0 saturated heterocycles. The van der Waals surface area contributed by atoms with Crippen LogP contribution in [0.15, 0.2) is 0 Å². The Balaban J connectivity index is -0.0000000389. The molecule has 0 bridgehead atoms. The quantitative estimate of drug-likeness (QED) is 0.419. The van der Waals surface area contributed by atoms with Gasteiger partial charge >= 0.3 is 60.6 Å². The molecule has 0 radical (unpaired) electrons. The third-order valence-corrected chi connectivity index (χ3v) is 0. The predicted molar refractivity (Wildman–Crippen MR) is 34.2 cm³/mol. The number of carbonyl (C=O) groups excluding carboxylic acids is 2. The van der Waals surface area contributed by atoms with Crippen LogP contribution in [0.5, 0.6) is 0 Å². The molecule has 0 unspecified atom stereocenters. The second kappa shape index (κ2) is 22.5. The van der Waals surface area contributed by atoms with Gasteiger partial charge in [-0.2, -0.15) is 0 Å². The molecule has 0 aromatic heterocycles. The zero-order valence-electron chi connectivity index (χ0n) is 6.66. The van der Waals surface area contributed by atoms with Gasteiger partial charge in [0.1, 0.15) is 0 Å². The summed E-state index contributed by atoms with van der Waals surface area (Å²) in [6, 6.07) is 0. The zero-order valence-corrected chi connectivity index (χ0v) is 11.0. The molecule has 0 aliphatic heterocycles. The molecule has 0 saturated carbocycles. The van der Waals surface area contributed by atoms with Gasteiger partial charge in [-0.1, -0.05) is 0 Å². The third kappa shape index (κ3) is 7690. The molecule has 0 aromatic rings. The van der Waals surface area contributed by atoms with Gasteiger partial charge in [-0.25, -0.2) is 0 Å². The van der Waals surface area contributed by atoms with Crippen LogP contribution in [0.25, 0.3) is 0 Å². The van der Waals surface area contributed by atoms with E-state index in [4.69, 9.17) is 27.4 Å². The molecular weight excluding hydrogens is 257 g/mol. The van der Waals surface area contributed by atoms with E-state index in [0.717, 1.165) is 13.8 Å². The average molecular weight is 263 g/mol. The molecule has 6 nitrogen and oxygen atoms in total. The Morgan fingerprint density at radius 3 is 1.00 bits per heavy atom. The van der Waals surface area contributed by atoms with Crippen molar-refractivity contribution in [2.24, 2.45) is 0 Å². The summed E-state index contributed by atoms with van der Waals surface area (Å²) in [7, 11) is 0. The van der Waals surface area contributed by atoms with Crippen molar-refractivity contribution < 1.29 is 27.4 Å². The Morgan fingerprint density at radius 1 is 1.00 bits per heavy atom. The van der Waals surface area contributed by atoms with Crippen molar-refractivity contribution in [3.63, 3.8) is 0 Å². The van der Waals surface area contributed by atoms with Crippen LogP contribution in [0.1, 0.15) is 13.8 Å². The molecule has 0 fully saturated rings. The second-order valence-electron chi connectivity index (χ2n) is 1.07. The zero-order chi connectivity index (χ0) is 9.86. The summed E-state index contributed by atoms with van der Waals surface area (Å²) in [5, 5.41) is 17.8. The van der Waals surface area contributed by atoms with Gasteiger partial charge in [-0.15, -0.1) is 0 Å². The van der Waals surface area contributed by atoms with Crippen molar-refractivity contribution in [1.29, 1.82) is 0 Å². The Hall–Kier alpha value is 0.343. The number of rotatable bonds is 0. The normalized spacial score (nSPS) is 4.83. The summed E-state index contributed by atoms with van der Waals surface area (Å²) in [5.41, 5.74) is 0. The van der Waals surface area contributed by atoms with Crippen molar-refractivity contribution in [3.8, 4) is 0 Å². The van der Waals surface area contributed by atoms with E-state index < -0.39 is 27.2 Å². The van der Waals surface area contributed by atoms with Gasteiger partial charge in [0.05, 0.1) is 0 Å². The fourth-order valence-electron chi connectivity index (χ4n) is 0. The van der Waals surface area contributed by atoms with E-state index in [0.29, 0.717) is 0 Å². The van der Waals surface area contributed by atoms with Gasteiger partial charge in [-0.3, -0.25) is 0 Å². The van der Waals surface area contributed by atoms with E-state index >= 15 is 0 Å². The molecule has 0 rings (SSSR count). The summed E-state index contributed by atoms with van der Waals surface area (Å²) in [4.78, 5) is 17.8. The van der Waals surface area contributed by atoms with E-state index in [-0.39, 0.29) is 37.7 Å². The fourth-order valence-corrected chi connectivity index (χ4v) is 0. The van der Waals surface area contributed by atoms with Gasteiger partial charge in [0.15, 0.2) is 0 Å². The molecule has 12 heavy (non-hydrogen) atoms. The van der Waals surface area contributed by atoms with E-state index in [1.807, 2.05) is 0 Å². The number of carbonyl (C=O) groups is 2. The van der Waals surface area contributed by atoms with Crippen molar-refractivity contribution in [2.75, 3.05) is 0 Å². The molecule has 0 spiro atoms. The summed E-state index contributed by atoms with van der Waals surface area (Å²) in [6.45, 7) is 1.94. The molecule has 0 amide bonds. The number of aliphatic carboxylic acids is 2.